The lowest BCUT2D eigenvalue weighted by Gasteiger charge is -2.14. The van der Waals surface area contributed by atoms with Gasteiger partial charge in [-0.3, -0.25) is 9.52 Å². The molecule has 26 heavy (non-hydrogen) atoms. The molecule has 2 rings (SSSR count). The Morgan fingerprint density at radius 3 is 2.42 bits per heavy atom. The first-order chi connectivity index (χ1) is 12.2. The second-order valence-corrected chi connectivity index (χ2v) is 7.73. The van der Waals surface area contributed by atoms with E-state index in [9.17, 15) is 22.0 Å². The summed E-state index contributed by atoms with van der Waals surface area (Å²) in [5.74, 6) is -2.50. The summed E-state index contributed by atoms with van der Waals surface area (Å²) in [6, 6.07) is 11.0. The molecule has 0 fully saturated rings. The molecule has 0 bridgehead atoms. The number of hydrogen-bond donors (Lipinski definition) is 2. The molecular weight excluding hydrogens is 362 g/mol. The van der Waals surface area contributed by atoms with Crippen LogP contribution in [-0.4, -0.2) is 26.6 Å². The van der Waals surface area contributed by atoms with Gasteiger partial charge in [0.15, 0.2) is 0 Å². The number of rotatable bonds is 8. The topological polar surface area (TPSA) is 75.3 Å². The van der Waals surface area contributed by atoms with E-state index in [-0.39, 0.29) is 11.5 Å². The van der Waals surface area contributed by atoms with Crippen LogP contribution in [0.2, 0.25) is 0 Å². The van der Waals surface area contributed by atoms with Crippen molar-refractivity contribution in [2.45, 2.75) is 13.3 Å². The maximum Gasteiger partial charge on any atom is 0.233 e. The quantitative estimate of drug-likeness (QED) is 0.737. The third-order valence-electron chi connectivity index (χ3n) is 3.64. The summed E-state index contributed by atoms with van der Waals surface area (Å²) in [5.41, 5.74) is 0.966. The van der Waals surface area contributed by atoms with Gasteiger partial charge in [-0.25, -0.2) is 17.2 Å². The largest absolute Gasteiger partial charge is 0.356 e. The number of amides is 1. The molecular formula is C18H20F2N2O3S. The number of nitrogens with one attached hydrogen (secondary N) is 2. The highest BCUT2D eigenvalue weighted by molar-refractivity contribution is 7.92. The fraction of sp³-hybridized carbons (Fsp3) is 0.278. The lowest BCUT2D eigenvalue weighted by molar-refractivity contribution is -0.123. The molecule has 0 aliphatic rings. The van der Waals surface area contributed by atoms with Gasteiger partial charge in [0.25, 0.3) is 0 Å². The predicted octanol–water partition coefficient (Wildman–Crippen LogP) is 2.70. The summed E-state index contributed by atoms with van der Waals surface area (Å²) in [6.07, 6.45) is 0.507. The number of carbonyl (C=O) groups is 1. The molecule has 5 nitrogen and oxygen atoms in total. The van der Waals surface area contributed by atoms with Gasteiger partial charge >= 0.3 is 0 Å². The van der Waals surface area contributed by atoms with Crippen molar-refractivity contribution in [3.63, 3.8) is 0 Å². The zero-order valence-corrected chi connectivity index (χ0v) is 15.0. The molecule has 8 heteroatoms. The number of anilines is 1. The maximum atomic E-state index is 13.1. The third-order valence-corrected chi connectivity index (χ3v) is 5.13. The van der Waals surface area contributed by atoms with E-state index in [2.05, 4.69) is 10.0 Å². The van der Waals surface area contributed by atoms with Crippen LogP contribution in [0, 0.1) is 17.6 Å². The average Bonchev–Trinajstić information content (AvgIpc) is 2.55. The molecule has 2 aromatic carbocycles. The molecule has 0 aromatic heterocycles. The number of sulfonamides is 1. The highest BCUT2D eigenvalue weighted by Crippen LogP contribution is 2.13. The highest BCUT2D eigenvalue weighted by atomic mass is 32.2. The summed E-state index contributed by atoms with van der Waals surface area (Å²) in [4.78, 5) is 12.0. The minimum absolute atomic E-state index is 0.105. The van der Waals surface area contributed by atoms with Gasteiger partial charge in [0.2, 0.25) is 15.9 Å². The lowest BCUT2D eigenvalue weighted by atomic mass is 10.1. The molecule has 0 saturated heterocycles. The molecule has 0 radical (unpaired) electrons. The first-order valence-corrected chi connectivity index (χ1v) is 9.68. The van der Waals surface area contributed by atoms with Crippen LogP contribution in [0.4, 0.5) is 14.5 Å². The number of carbonyl (C=O) groups excluding carboxylic acids is 1. The Bertz CT molecular complexity index is 855. The second-order valence-electron chi connectivity index (χ2n) is 5.96. The van der Waals surface area contributed by atoms with Crippen LogP contribution in [-0.2, 0) is 21.2 Å². The predicted molar refractivity (Wildman–Crippen MR) is 96.1 cm³/mol. The Labute approximate surface area is 151 Å². The van der Waals surface area contributed by atoms with Crippen LogP contribution >= 0.6 is 0 Å². The van der Waals surface area contributed by atoms with E-state index >= 15 is 0 Å². The summed E-state index contributed by atoms with van der Waals surface area (Å²) in [5, 5.41) is 2.66. The van der Waals surface area contributed by atoms with Crippen molar-refractivity contribution in [3.05, 3.63) is 65.7 Å². The molecule has 0 aliphatic heterocycles. The molecule has 1 unspecified atom stereocenters. The van der Waals surface area contributed by atoms with E-state index in [1.165, 1.54) is 37.3 Å². The molecule has 0 saturated carbocycles. The molecule has 2 aromatic rings. The maximum absolute atomic E-state index is 13.1. The second kappa shape index (κ2) is 8.75. The summed E-state index contributed by atoms with van der Waals surface area (Å²) >= 11 is 0. The van der Waals surface area contributed by atoms with Crippen LogP contribution in [0.1, 0.15) is 12.5 Å². The normalized spacial score (nSPS) is 12.4. The Morgan fingerprint density at radius 1 is 1.08 bits per heavy atom. The van der Waals surface area contributed by atoms with E-state index in [1.54, 1.807) is 12.1 Å². The first kappa shape index (κ1) is 19.8. The fourth-order valence-corrected chi connectivity index (χ4v) is 3.71. The smallest absolute Gasteiger partial charge is 0.233 e. The summed E-state index contributed by atoms with van der Waals surface area (Å²) in [6.45, 7) is 1.81. The van der Waals surface area contributed by atoms with Crippen LogP contribution in [0.25, 0.3) is 0 Å². The van der Waals surface area contributed by atoms with E-state index in [4.69, 9.17) is 0 Å². The summed E-state index contributed by atoms with van der Waals surface area (Å²) < 4.78 is 52.4. The van der Waals surface area contributed by atoms with E-state index < -0.39 is 33.4 Å². The van der Waals surface area contributed by atoms with Gasteiger partial charge in [-0.15, -0.1) is 0 Å². The number of hydrogen-bond acceptors (Lipinski definition) is 3. The van der Waals surface area contributed by atoms with Gasteiger partial charge in [-0.1, -0.05) is 25.1 Å². The number of benzene rings is 2. The molecule has 2 N–H and O–H groups in total. The van der Waals surface area contributed by atoms with E-state index in [0.717, 1.165) is 11.6 Å². The zero-order chi connectivity index (χ0) is 19.2. The van der Waals surface area contributed by atoms with Gasteiger partial charge in [0.05, 0.1) is 17.4 Å². The fourth-order valence-electron chi connectivity index (χ4n) is 2.33. The van der Waals surface area contributed by atoms with Crippen LogP contribution in [0.3, 0.4) is 0 Å². The summed E-state index contributed by atoms with van der Waals surface area (Å²) in [7, 11) is -3.80. The minimum atomic E-state index is -3.80. The van der Waals surface area contributed by atoms with Gasteiger partial charge in [0, 0.05) is 6.54 Å². The third kappa shape index (κ3) is 6.44. The van der Waals surface area contributed by atoms with Crippen molar-refractivity contribution in [3.8, 4) is 0 Å². The van der Waals surface area contributed by atoms with E-state index in [1.807, 2.05) is 0 Å². The molecule has 140 valence electrons. The van der Waals surface area contributed by atoms with Crippen molar-refractivity contribution in [1.82, 2.24) is 5.32 Å². The van der Waals surface area contributed by atoms with Crippen molar-refractivity contribution in [1.29, 1.82) is 0 Å². The van der Waals surface area contributed by atoms with Gasteiger partial charge in [-0.2, -0.15) is 0 Å². The lowest BCUT2D eigenvalue weighted by Crippen LogP contribution is -2.35. The minimum Gasteiger partial charge on any atom is -0.356 e. The Balaban J connectivity index is 1.82. The molecule has 1 amide bonds. The van der Waals surface area contributed by atoms with Crippen LogP contribution < -0.4 is 10.0 Å². The Morgan fingerprint density at radius 2 is 1.77 bits per heavy atom. The van der Waals surface area contributed by atoms with Gasteiger partial charge in [0.1, 0.15) is 11.6 Å². The average molecular weight is 382 g/mol. The van der Waals surface area contributed by atoms with Crippen molar-refractivity contribution < 1.29 is 22.0 Å². The zero-order valence-electron chi connectivity index (χ0n) is 14.2. The molecule has 0 aliphatic carbocycles. The van der Waals surface area contributed by atoms with Crippen molar-refractivity contribution >= 4 is 21.6 Å². The first-order valence-electron chi connectivity index (χ1n) is 8.03. The molecule has 1 atom stereocenters. The van der Waals surface area contributed by atoms with Gasteiger partial charge < -0.3 is 5.32 Å². The van der Waals surface area contributed by atoms with Crippen LogP contribution in [0.15, 0.2) is 48.5 Å². The molecule has 0 heterocycles. The van der Waals surface area contributed by atoms with Crippen molar-refractivity contribution in [2.24, 2.45) is 5.92 Å². The Hall–Kier alpha value is -2.48. The monoisotopic (exact) mass is 382 g/mol. The number of halogens is 2. The molecule has 0 spiro atoms. The standard InChI is InChI=1S/C18H20F2N2O3S/c1-13(12-26(24,25)22-17-4-2-3-16(20)11-17)18(23)21-10-9-14-5-7-15(19)8-6-14/h2-8,11,13,22H,9-10,12H2,1H3,(H,21,23). The van der Waals surface area contributed by atoms with Crippen LogP contribution in [0.5, 0.6) is 0 Å². The SMILES string of the molecule is CC(CS(=O)(=O)Nc1cccc(F)c1)C(=O)NCCc1ccc(F)cc1. The van der Waals surface area contributed by atoms with Gasteiger partial charge in [-0.05, 0) is 42.3 Å². The Kier molecular flexibility index (Phi) is 6.68. The van der Waals surface area contributed by atoms with Crippen molar-refractivity contribution in [2.75, 3.05) is 17.0 Å². The van der Waals surface area contributed by atoms with E-state index in [0.29, 0.717) is 13.0 Å². The highest BCUT2D eigenvalue weighted by Gasteiger charge is 2.21.